The topological polar surface area (TPSA) is 47.0 Å². The van der Waals surface area contributed by atoms with Crippen molar-refractivity contribution in [3.05, 3.63) is 0 Å². The number of hydrogen-bond donors (Lipinski definition) is 2. The molecule has 1 aliphatic heterocycles. The van der Waals surface area contributed by atoms with Crippen LogP contribution in [0, 0.1) is 0 Å². The molecule has 0 radical (unpaired) electrons. The number of nitrogens with one attached hydrogen (secondary N) is 1. The van der Waals surface area contributed by atoms with Crippen molar-refractivity contribution in [2.24, 2.45) is 0 Å². The second-order valence-corrected chi connectivity index (χ2v) is 1.46. The normalized spacial score (nSPS) is 20.0. The second kappa shape index (κ2) is 3.12. The van der Waals surface area contributed by atoms with Crippen LogP contribution in [0.15, 0.2) is 0 Å². The molecule has 1 aliphatic rings. The van der Waals surface area contributed by atoms with Gasteiger partial charge in [0.2, 0.25) is 0 Å². The molecule has 0 aliphatic carbocycles. The van der Waals surface area contributed by atoms with Crippen molar-refractivity contribution in [3.63, 3.8) is 0 Å². The molecule has 0 spiro atoms. The van der Waals surface area contributed by atoms with Crippen molar-refractivity contribution in [2.75, 3.05) is 13.1 Å². The Kier molecular flexibility index (Phi) is 3.08. The zero-order chi connectivity index (χ0) is 3.54. The van der Waals surface area contributed by atoms with Gasteiger partial charge in [0.15, 0.2) is 0 Å². The molecule has 2 nitrogen and oxygen atoms in total. The van der Waals surface area contributed by atoms with Gasteiger partial charge in [-0.05, 0) is 25.9 Å². The molecule has 0 aromatic rings. The smallest absolute Gasteiger partial charge is 0.00484 e. The molecular weight excluding hydrogens is 76.1 g/mol. The third-order valence-corrected chi connectivity index (χ3v) is 0.957. The molecule has 0 amide bonds. The highest BCUT2D eigenvalue weighted by Crippen LogP contribution is 1.90. The highest BCUT2D eigenvalue weighted by molar-refractivity contribution is 4.55. The molecule has 0 bridgehead atoms. The van der Waals surface area contributed by atoms with Gasteiger partial charge in [-0.2, -0.15) is 0 Å². The first-order valence-corrected chi connectivity index (χ1v) is 2.21. The summed E-state index contributed by atoms with van der Waals surface area (Å²) in [5, 5.41) is 3.22. The van der Waals surface area contributed by atoms with Crippen LogP contribution in [0.25, 0.3) is 0 Å². The van der Waals surface area contributed by atoms with Crippen LogP contribution in [-0.4, -0.2) is 13.1 Å². The van der Waals surface area contributed by atoms with E-state index in [1.807, 2.05) is 0 Å². The molecule has 1 rings (SSSR count). The van der Waals surface area contributed by atoms with Crippen LogP contribution in [0.1, 0.15) is 12.8 Å². The van der Waals surface area contributed by atoms with Gasteiger partial charge < -0.3 is 11.5 Å². The minimum atomic E-state index is 0. The summed E-state index contributed by atoms with van der Waals surface area (Å²) in [6.45, 7) is 2.50. The van der Waals surface area contributed by atoms with E-state index in [4.69, 9.17) is 0 Å². The quantitative estimate of drug-likeness (QED) is 0.454. The summed E-state index contributed by atoms with van der Waals surface area (Å²) in [5.41, 5.74) is 0. The van der Waals surface area contributed by atoms with E-state index in [2.05, 4.69) is 5.32 Å². The summed E-state index contributed by atoms with van der Waals surface area (Å²) in [7, 11) is 0. The molecule has 1 fully saturated rings. The van der Waals surface area contributed by atoms with E-state index in [0.717, 1.165) is 0 Å². The van der Waals surface area contributed by atoms with E-state index in [-0.39, 0.29) is 6.15 Å². The van der Waals surface area contributed by atoms with Crippen molar-refractivity contribution in [1.29, 1.82) is 0 Å². The average Bonchev–Trinajstić information content (AvgIpc) is 1.76. The van der Waals surface area contributed by atoms with Gasteiger partial charge in [-0.3, -0.25) is 0 Å². The predicted octanol–water partition coefficient (Wildman–Crippen LogP) is 0.532. The highest BCUT2D eigenvalue weighted by Gasteiger charge is 1.93. The standard InChI is InChI=1S/C4H9N.H3N/c1-2-4-5-3-1;/h5H,1-4H2;1H3. The van der Waals surface area contributed by atoms with Crippen molar-refractivity contribution >= 4 is 0 Å². The maximum absolute atomic E-state index is 3.22. The zero-order valence-electron chi connectivity index (χ0n) is 4.04. The molecule has 4 N–H and O–H groups in total. The summed E-state index contributed by atoms with van der Waals surface area (Å²) < 4.78 is 0. The molecular formula is C4H12N2. The largest absolute Gasteiger partial charge is 0.344 e. The molecule has 0 aromatic heterocycles. The molecule has 1 saturated heterocycles. The summed E-state index contributed by atoms with van der Waals surface area (Å²) in [4.78, 5) is 0. The van der Waals surface area contributed by atoms with Gasteiger partial charge in [0.25, 0.3) is 0 Å². The lowest BCUT2D eigenvalue weighted by Gasteiger charge is -1.76. The van der Waals surface area contributed by atoms with Crippen molar-refractivity contribution in [1.82, 2.24) is 11.5 Å². The predicted molar refractivity (Wildman–Crippen MR) is 27.1 cm³/mol. The maximum Gasteiger partial charge on any atom is -0.00484 e. The fraction of sp³-hybridized carbons (Fsp3) is 1.00. The van der Waals surface area contributed by atoms with E-state index >= 15 is 0 Å². The first kappa shape index (κ1) is 5.92. The van der Waals surface area contributed by atoms with Gasteiger partial charge in [-0.25, -0.2) is 0 Å². The molecule has 0 aromatic carbocycles. The molecule has 6 heavy (non-hydrogen) atoms. The minimum Gasteiger partial charge on any atom is -0.344 e. The maximum atomic E-state index is 3.22. The highest BCUT2D eigenvalue weighted by atomic mass is 14.9. The Hall–Kier alpha value is -0.0800. The van der Waals surface area contributed by atoms with Crippen LogP contribution < -0.4 is 11.5 Å². The third-order valence-electron chi connectivity index (χ3n) is 0.957. The number of hydrogen-bond acceptors (Lipinski definition) is 2. The lowest BCUT2D eigenvalue weighted by molar-refractivity contribution is 0.857. The first-order chi connectivity index (χ1) is 2.50. The van der Waals surface area contributed by atoms with Gasteiger partial charge in [-0.1, -0.05) is 0 Å². The molecule has 0 atom stereocenters. The van der Waals surface area contributed by atoms with Gasteiger partial charge in [-0.15, -0.1) is 0 Å². The van der Waals surface area contributed by atoms with Crippen molar-refractivity contribution < 1.29 is 0 Å². The van der Waals surface area contributed by atoms with Crippen molar-refractivity contribution in [3.8, 4) is 0 Å². The Balaban J connectivity index is 0.000000250. The van der Waals surface area contributed by atoms with Crippen LogP contribution >= 0.6 is 0 Å². The van der Waals surface area contributed by atoms with Crippen LogP contribution in [0.2, 0.25) is 0 Å². The van der Waals surface area contributed by atoms with E-state index in [9.17, 15) is 0 Å². The van der Waals surface area contributed by atoms with Gasteiger partial charge in [0.05, 0.1) is 0 Å². The monoisotopic (exact) mass is 88.1 g/mol. The Morgan fingerprint density at radius 3 is 1.67 bits per heavy atom. The Bertz CT molecular complexity index is 17.1. The van der Waals surface area contributed by atoms with Crippen LogP contribution in [0.3, 0.4) is 0 Å². The zero-order valence-corrected chi connectivity index (χ0v) is 4.04. The molecule has 1 heterocycles. The minimum absolute atomic E-state index is 0. The van der Waals surface area contributed by atoms with Gasteiger partial charge in [0.1, 0.15) is 0 Å². The van der Waals surface area contributed by atoms with E-state index in [1.54, 1.807) is 0 Å². The molecule has 0 unspecified atom stereocenters. The molecule has 38 valence electrons. The van der Waals surface area contributed by atoms with Crippen LogP contribution in [-0.2, 0) is 0 Å². The Morgan fingerprint density at radius 1 is 1.00 bits per heavy atom. The van der Waals surface area contributed by atoms with Gasteiger partial charge in [0, 0.05) is 0 Å². The summed E-state index contributed by atoms with van der Waals surface area (Å²) in [6, 6.07) is 0. The Morgan fingerprint density at radius 2 is 1.50 bits per heavy atom. The fourth-order valence-electron chi connectivity index (χ4n) is 0.625. The van der Waals surface area contributed by atoms with E-state index in [1.165, 1.54) is 25.9 Å². The van der Waals surface area contributed by atoms with Crippen molar-refractivity contribution in [2.45, 2.75) is 12.8 Å². The summed E-state index contributed by atoms with van der Waals surface area (Å²) in [6.07, 6.45) is 2.78. The average molecular weight is 88.2 g/mol. The third kappa shape index (κ3) is 1.38. The van der Waals surface area contributed by atoms with Crippen LogP contribution in [0.4, 0.5) is 0 Å². The lowest BCUT2D eigenvalue weighted by atomic mass is 10.4. The summed E-state index contributed by atoms with van der Waals surface area (Å²) >= 11 is 0. The fourth-order valence-corrected chi connectivity index (χ4v) is 0.625. The Labute approximate surface area is 38.5 Å². The summed E-state index contributed by atoms with van der Waals surface area (Å²) in [5.74, 6) is 0. The van der Waals surface area contributed by atoms with Gasteiger partial charge >= 0.3 is 0 Å². The molecule has 2 heteroatoms. The van der Waals surface area contributed by atoms with E-state index < -0.39 is 0 Å². The second-order valence-electron chi connectivity index (χ2n) is 1.46. The lowest BCUT2D eigenvalue weighted by Crippen LogP contribution is -2.03. The molecule has 0 saturated carbocycles. The SMILES string of the molecule is C1CCNC1.N. The number of rotatable bonds is 0. The van der Waals surface area contributed by atoms with E-state index in [0.29, 0.717) is 0 Å². The first-order valence-electron chi connectivity index (χ1n) is 2.21. The van der Waals surface area contributed by atoms with Crippen LogP contribution in [0.5, 0.6) is 0 Å².